The van der Waals surface area contributed by atoms with Gasteiger partial charge in [0.05, 0.1) is 0 Å². The van der Waals surface area contributed by atoms with Crippen LogP contribution < -0.4 is 10.5 Å². The van der Waals surface area contributed by atoms with Gasteiger partial charge in [0, 0.05) is 6.07 Å². The summed E-state index contributed by atoms with van der Waals surface area (Å²) >= 11 is 4.52. The van der Waals surface area contributed by atoms with E-state index in [9.17, 15) is 4.39 Å². The maximum atomic E-state index is 13.1. The molecule has 0 radical (unpaired) electrons. The van der Waals surface area contributed by atoms with Gasteiger partial charge in [-0.25, -0.2) is 4.39 Å². The smallest absolute Gasteiger partial charge is 0.259 e. The van der Waals surface area contributed by atoms with E-state index in [0.717, 1.165) is 0 Å². The minimum Gasteiger partial charge on any atom is -0.432 e. The second kappa shape index (κ2) is 4.18. The van der Waals surface area contributed by atoms with Crippen LogP contribution in [0, 0.1) is 5.82 Å². The Kier molecular flexibility index (Phi) is 3.19. The van der Waals surface area contributed by atoms with E-state index >= 15 is 0 Å². The SMILES string of the molecule is CCc1ccc(OC(N)=S)cc1F. The highest BCUT2D eigenvalue weighted by molar-refractivity contribution is 7.80. The van der Waals surface area contributed by atoms with Gasteiger partial charge in [0.1, 0.15) is 11.6 Å². The summed E-state index contributed by atoms with van der Waals surface area (Å²) in [4.78, 5) is 0. The summed E-state index contributed by atoms with van der Waals surface area (Å²) < 4.78 is 18.0. The summed E-state index contributed by atoms with van der Waals surface area (Å²) in [6, 6.07) is 4.57. The van der Waals surface area contributed by atoms with E-state index in [1.54, 1.807) is 12.1 Å². The zero-order valence-corrected chi connectivity index (χ0v) is 8.03. The van der Waals surface area contributed by atoms with E-state index in [1.807, 2.05) is 6.92 Å². The third-order valence-corrected chi connectivity index (χ3v) is 1.71. The molecule has 0 unspecified atom stereocenters. The van der Waals surface area contributed by atoms with E-state index < -0.39 is 0 Å². The van der Waals surface area contributed by atoms with Crippen molar-refractivity contribution in [1.82, 2.24) is 0 Å². The van der Waals surface area contributed by atoms with Crippen LogP contribution in [0.3, 0.4) is 0 Å². The molecule has 0 saturated carbocycles. The van der Waals surface area contributed by atoms with Gasteiger partial charge in [-0.05, 0) is 30.3 Å². The van der Waals surface area contributed by atoms with Gasteiger partial charge >= 0.3 is 0 Å². The Bertz CT molecular complexity index is 327. The fraction of sp³-hybridized carbons (Fsp3) is 0.222. The van der Waals surface area contributed by atoms with E-state index in [0.29, 0.717) is 17.7 Å². The Morgan fingerprint density at radius 1 is 1.62 bits per heavy atom. The van der Waals surface area contributed by atoms with Crippen molar-refractivity contribution < 1.29 is 9.13 Å². The predicted octanol–water partition coefficient (Wildman–Crippen LogP) is 2.01. The van der Waals surface area contributed by atoms with E-state index in [1.165, 1.54) is 6.07 Å². The molecule has 0 aliphatic carbocycles. The Morgan fingerprint density at radius 3 is 2.77 bits per heavy atom. The summed E-state index contributed by atoms with van der Waals surface area (Å²) in [5, 5.41) is -0.108. The molecule has 0 heterocycles. The first-order valence-electron chi connectivity index (χ1n) is 3.89. The zero-order valence-electron chi connectivity index (χ0n) is 7.21. The summed E-state index contributed by atoms with van der Waals surface area (Å²) in [5.41, 5.74) is 5.78. The van der Waals surface area contributed by atoms with Crippen molar-refractivity contribution in [3.63, 3.8) is 0 Å². The molecule has 0 aliphatic rings. The molecular weight excluding hydrogens is 189 g/mol. The number of hydrogen-bond donors (Lipinski definition) is 1. The number of nitrogens with two attached hydrogens (primary N) is 1. The molecule has 70 valence electrons. The molecule has 0 atom stereocenters. The summed E-state index contributed by atoms with van der Waals surface area (Å²) in [5.74, 6) is 0.0402. The number of rotatable bonds is 2. The average molecular weight is 199 g/mol. The standard InChI is InChI=1S/C9H10FNOS/c1-2-6-3-4-7(5-8(6)10)12-9(11)13/h3-5H,2H2,1H3,(H2,11,13). The lowest BCUT2D eigenvalue weighted by molar-refractivity contribution is 0.541. The first-order valence-corrected chi connectivity index (χ1v) is 4.30. The first kappa shape index (κ1) is 9.92. The first-order chi connectivity index (χ1) is 6.13. The van der Waals surface area contributed by atoms with Gasteiger partial charge in [-0.15, -0.1) is 0 Å². The second-order valence-electron chi connectivity index (χ2n) is 2.53. The largest absolute Gasteiger partial charge is 0.432 e. The maximum Gasteiger partial charge on any atom is 0.259 e. The minimum absolute atomic E-state index is 0.108. The number of hydrogen-bond acceptors (Lipinski definition) is 2. The van der Waals surface area contributed by atoms with E-state index in [-0.39, 0.29) is 11.0 Å². The molecule has 0 spiro atoms. The molecule has 1 aromatic rings. The van der Waals surface area contributed by atoms with Crippen LogP contribution in [0.5, 0.6) is 5.75 Å². The number of halogens is 1. The van der Waals surface area contributed by atoms with Gasteiger partial charge in [0.15, 0.2) is 0 Å². The Labute approximate surface area is 81.5 Å². The third kappa shape index (κ3) is 2.66. The lowest BCUT2D eigenvalue weighted by atomic mass is 10.1. The van der Waals surface area contributed by atoms with Crippen molar-refractivity contribution >= 4 is 17.4 Å². The minimum atomic E-state index is -0.295. The molecule has 0 amide bonds. The lowest BCUT2D eigenvalue weighted by Crippen LogP contribution is -2.15. The molecule has 1 aromatic carbocycles. The third-order valence-electron chi connectivity index (χ3n) is 1.62. The molecule has 4 heteroatoms. The summed E-state index contributed by atoms with van der Waals surface area (Å²) in [6.07, 6.45) is 0.652. The highest BCUT2D eigenvalue weighted by atomic mass is 32.1. The molecule has 0 fully saturated rings. The monoisotopic (exact) mass is 199 g/mol. The van der Waals surface area contributed by atoms with Crippen molar-refractivity contribution in [3.05, 3.63) is 29.6 Å². The average Bonchev–Trinajstić information content (AvgIpc) is 2.03. The van der Waals surface area contributed by atoms with Gasteiger partial charge in [-0.2, -0.15) is 0 Å². The van der Waals surface area contributed by atoms with Gasteiger partial charge in [0.25, 0.3) is 5.17 Å². The van der Waals surface area contributed by atoms with Crippen LogP contribution in [0.15, 0.2) is 18.2 Å². The van der Waals surface area contributed by atoms with Crippen molar-refractivity contribution in [1.29, 1.82) is 0 Å². The van der Waals surface area contributed by atoms with Crippen molar-refractivity contribution in [2.75, 3.05) is 0 Å². The normalized spacial score (nSPS) is 9.69. The Hall–Kier alpha value is -1.16. The fourth-order valence-corrected chi connectivity index (χ4v) is 1.09. The van der Waals surface area contributed by atoms with Crippen molar-refractivity contribution in [3.8, 4) is 5.75 Å². The second-order valence-corrected chi connectivity index (χ2v) is 2.93. The summed E-state index contributed by atoms with van der Waals surface area (Å²) in [7, 11) is 0. The molecule has 2 nitrogen and oxygen atoms in total. The van der Waals surface area contributed by atoms with Gasteiger partial charge in [-0.1, -0.05) is 13.0 Å². The fourth-order valence-electron chi connectivity index (χ4n) is 0.994. The van der Waals surface area contributed by atoms with Crippen LogP contribution in [0.2, 0.25) is 0 Å². The van der Waals surface area contributed by atoms with Crippen LogP contribution in [0.1, 0.15) is 12.5 Å². The number of aryl methyl sites for hydroxylation is 1. The predicted molar refractivity (Wildman–Crippen MR) is 53.2 cm³/mol. The highest BCUT2D eigenvalue weighted by Crippen LogP contribution is 2.16. The number of ether oxygens (including phenoxy) is 1. The lowest BCUT2D eigenvalue weighted by Gasteiger charge is -2.04. The van der Waals surface area contributed by atoms with Crippen LogP contribution in [-0.2, 0) is 6.42 Å². The molecule has 0 aliphatic heterocycles. The van der Waals surface area contributed by atoms with E-state index in [4.69, 9.17) is 10.5 Å². The van der Waals surface area contributed by atoms with Crippen molar-refractivity contribution in [2.24, 2.45) is 5.73 Å². The maximum absolute atomic E-state index is 13.1. The zero-order chi connectivity index (χ0) is 9.84. The quantitative estimate of drug-likeness (QED) is 0.740. The molecule has 1 rings (SSSR count). The molecule has 13 heavy (non-hydrogen) atoms. The van der Waals surface area contributed by atoms with Crippen LogP contribution in [0.25, 0.3) is 0 Å². The highest BCUT2D eigenvalue weighted by Gasteiger charge is 2.02. The Balaban J connectivity index is 2.89. The molecule has 0 bridgehead atoms. The van der Waals surface area contributed by atoms with Crippen LogP contribution in [-0.4, -0.2) is 5.17 Å². The van der Waals surface area contributed by atoms with Gasteiger partial charge in [-0.3, -0.25) is 0 Å². The summed E-state index contributed by atoms with van der Waals surface area (Å²) in [6.45, 7) is 1.88. The van der Waals surface area contributed by atoms with E-state index in [2.05, 4.69) is 12.2 Å². The molecule has 0 saturated heterocycles. The topological polar surface area (TPSA) is 35.2 Å². The van der Waals surface area contributed by atoms with Gasteiger partial charge < -0.3 is 10.5 Å². The van der Waals surface area contributed by atoms with Crippen LogP contribution >= 0.6 is 12.2 Å². The number of thiocarbonyl (C=S) groups is 1. The number of benzene rings is 1. The molecule has 0 aromatic heterocycles. The molecule has 2 N–H and O–H groups in total. The molecular formula is C9H10FNOS. The Morgan fingerprint density at radius 2 is 2.31 bits per heavy atom. The van der Waals surface area contributed by atoms with Crippen LogP contribution in [0.4, 0.5) is 4.39 Å². The van der Waals surface area contributed by atoms with Crippen molar-refractivity contribution in [2.45, 2.75) is 13.3 Å². The van der Waals surface area contributed by atoms with Gasteiger partial charge in [0.2, 0.25) is 0 Å².